The van der Waals surface area contributed by atoms with E-state index in [0.717, 1.165) is 16.7 Å². The third-order valence-electron chi connectivity index (χ3n) is 4.51. The van der Waals surface area contributed by atoms with Crippen LogP contribution in [0.3, 0.4) is 0 Å². The van der Waals surface area contributed by atoms with Crippen molar-refractivity contribution in [3.63, 3.8) is 0 Å². The van der Waals surface area contributed by atoms with Crippen molar-refractivity contribution in [2.24, 2.45) is 0 Å². The van der Waals surface area contributed by atoms with E-state index in [2.05, 4.69) is 0 Å². The van der Waals surface area contributed by atoms with Crippen molar-refractivity contribution < 1.29 is 18.0 Å². The van der Waals surface area contributed by atoms with Gasteiger partial charge in [-0.25, -0.2) is 13.5 Å². The first kappa shape index (κ1) is 17.6. The Balaban J connectivity index is 1.99. The number of hydrogen-bond donors (Lipinski definition) is 0. The second-order valence-corrected chi connectivity index (χ2v) is 8.47. The van der Waals surface area contributed by atoms with Crippen LogP contribution in [-0.4, -0.2) is 38.8 Å². The molecule has 132 valence electrons. The van der Waals surface area contributed by atoms with Gasteiger partial charge in [-0.1, -0.05) is 35.4 Å². The van der Waals surface area contributed by atoms with Crippen LogP contribution in [0.15, 0.2) is 47.4 Å². The van der Waals surface area contributed by atoms with Crippen LogP contribution in [-0.2, 0) is 14.7 Å². The second-order valence-electron chi connectivity index (χ2n) is 6.43. The molecule has 0 bridgehead atoms. The van der Waals surface area contributed by atoms with Crippen molar-refractivity contribution in [1.29, 1.82) is 0 Å². The number of carbonyl (C=O) groups excluding carboxylic acids is 1. The maximum absolute atomic E-state index is 12.8. The van der Waals surface area contributed by atoms with Crippen molar-refractivity contribution in [2.75, 3.05) is 19.4 Å². The van der Waals surface area contributed by atoms with E-state index >= 15 is 0 Å². The van der Waals surface area contributed by atoms with Crippen LogP contribution in [0.4, 0.5) is 0 Å². The summed E-state index contributed by atoms with van der Waals surface area (Å²) in [5.41, 5.74) is 3.28. The molecule has 0 aromatic heterocycles. The van der Waals surface area contributed by atoms with Crippen molar-refractivity contribution in [1.82, 2.24) is 5.06 Å². The Kier molecular flexibility index (Phi) is 4.67. The quantitative estimate of drug-likeness (QED) is 0.842. The van der Waals surface area contributed by atoms with Crippen molar-refractivity contribution in [2.45, 2.75) is 24.7 Å². The summed E-state index contributed by atoms with van der Waals surface area (Å²) >= 11 is 0. The Morgan fingerprint density at radius 1 is 1.08 bits per heavy atom. The van der Waals surface area contributed by atoms with Gasteiger partial charge in [0.05, 0.1) is 24.3 Å². The third kappa shape index (κ3) is 3.45. The van der Waals surface area contributed by atoms with E-state index in [1.54, 1.807) is 30.3 Å². The van der Waals surface area contributed by atoms with Gasteiger partial charge in [-0.3, -0.25) is 9.63 Å². The highest BCUT2D eigenvalue weighted by atomic mass is 32.2. The largest absolute Gasteiger partial charge is 0.277 e. The molecule has 0 saturated carbocycles. The third-order valence-corrected chi connectivity index (χ3v) is 6.34. The number of sulfone groups is 1. The van der Waals surface area contributed by atoms with E-state index in [0.29, 0.717) is 10.5 Å². The maximum Gasteiger partial charge on any atom is 0.277 e. The summed E-state index contributed by atoms with van der Waals surface area (Å²) in [5, 5.41) is 1.23. The van der Waals surface area contributed by atoms with Gasteiger partial charge >= 0.3 is 0 Å². The van der Waals surface area contributed by atoms with E-state index in [-0.39, 0.29) is 24.1 Å². The summed E-state index contributed by atoms with van der Waals surface area (Å²) in [6.07, 6.45) is 0. The van der Waals surface area contributed by atoms with Crippen molar-refractivity contribution >= 4 is 15.7 Å². The summed E-state index contributed by atoms with van der Waals surface area (Å²) in [7, 11) is -2.06. The lowest BCUT2D eigenvalue weighted by atomic mass is 9.90. The van der Waals surface area contributed by atoms with Gasteiger partial charge in [0.1, 0.15) is 0 Å². The van der Waals surface area contributed by atoms with Gasteiger partial charge < -0.3 is 0 Å². The molecule has 0 N–H and O–H groups in total. The summed E-state index contributed by atoms with van der Waals surface area (Å²) in [5.74, 6) is -0.639. The van der Waals surface area contributed by atoms with Crippen LogP contribution in [0, 0.1) is 13.8 Å². The van der Waals surface area contributed by atoms with E-state index in [1.807, 2.05) is 26.0 Å². The Morgan fingerprint density at radius 3 is 2.36 bits per heavy atom. The molecule has 6 heteroatoms. The number of fused-ring (bicyclic) bond motifs is 1. The Labute approximate surface area is 148 Å². The molecule has 1 amide bonds. The predicted octanol–water partition coefficient (Wildman–Crippen LogP) is 2.88. The van der Waals surface area contributed by atoms with Crippen LogP contribution >= 0.6 is 0 Å². The predicted molar refractivity (Wildman–Crippen MR) is 95.2 cm³/mol. The van der Waals surface area contributed by atoms with E-state index in [1.165, 1.54) is 12.2 Å². The maximum atomic E-state index is 12.8. The average molecular weight is 359 g/mol. The molecule has 0 saturated heterocycles. The Hall–Kier alpha value is -2.18. The molecule has 0 radical (unpaired) electrons. The van der Waals surface area contributed by atoms with E-state index < -0.39 is 9.84 Å². The standard InChI is InChI=1S/C19H21NO4S/c1-13-4-7-16(8-5-13)25(22,23)12-15-11-20(24-3)19(21)17-9-6-14(2)10-18(15)17/h4-10,15H,11-12H2,1-3H3. The highest BCUT2D eigenvalue weighted by Gasteiger charge is 2.34. The monoisotopic (exact) mass is 359 g/mol. The Morgan fingerprint density at radius 2 is 1.72 bits per heavy atom. The normalized spacial score (nSPS) is 17.5. The SMILES string of the molecule is CON1CC(CS(=O)(=O)c2ccc(C)cc2)c2cc(C)ccc2C1=O. The first-order valence-electron chi connectivity index (χ1n) is 8.08. The summed E-state index contributed by atoms with van der Waals surface area (Å²) < 4.78 is 25.7. The lowest BCUT2D eigenvalue weighted by Crippen LogP contribution is -2.41. The number of amides is 1. The number of benzene rings is 2. The molecule has 25 heavy (non-hydrogen) atoms. The molecule has 3 rings (SSSR count). The number of carbonyl (C=O) groups is 1. The second kappa shape index (κ2) is 6.61. The average Bonchev–Trinajstić information content (AvgIpc) is 2.57. The minimum absolute atomic E-state index is 0.0698. The van der Waals surface area contributed by atoms with Crippen LogP contribution in [0.25, 0.3) is 0 Å². The minimum atomic E-state index is -3.47. The van der Waals surface area contributed by atoms with Gasteiger partial charge in [-0.15, -0.1) is 0 Å². The number of rotatable bonds is 4. The number of hydrogen-bond acceptors (Lipinski definition) is 4. The molecule has 1 heterocycles. The topological polar surface area (TPSA) is 63.7 Å². The van der Waals surface area contributed by atoms with Crippen molar-refractivity contribution in [3.05, 3.63) is 64.7 Å². The molecule has 1 aliphatic rings. The first-order chi connectivity index (χ1) is 11.8. The molecular formula is C19H21NO4S. The van der Waals surface area contributed by atoms with Crippen molar-refractivity contribution in [3.8, 4) is 0 Å². The fraction of sp³-hybridized carbons (Fsp3) is 0.316. The smallest absolute Gasteiger partial charge is 0.274 e. The first-order valence-corrected chi connectivity index (χ1v) is 9.73. The number of hydroxylamine groups is 2. The molecular weight excluding hydrogens is 338 g/mol. The fourth-order valence-corrected chi connectivity index (χ4v) is 4.69. The van der Waals surface area contributed by atoms with Crippen LogP contribution < -0.4 is 0 Å². The van der Waals surface area contributed by atoms with Crippen LogP contribution in [0.5, 0.6) is 0 Å². The van der Waals surface area contributed by atoms with Gasteiger partial charge in [0.15, 0.2) is 9.84 Å². The van der Waals surface area contributed by atoms with Gasteiger partial charge in [-0.05, 0) is 37.6 Å². The fourth-order valence-electron chi connectivity index (χ4n) is 3.14. The van der Waals surface area contributed by atoms with Gasteiger partial charge in [0.2, 0.25) is 0 Å². The zero-order valence-electron chi connectivity index (χ0n) is 14.5. The molecule has 1 unspecified atom stereocenters. The van der Waals surface area contributed by atoms with Gasteiger partial charge in [-0.2, -0.15) is 0 Å². The minimum Gasteiger partial charge on any atom is -0.274 e. The highest BCUT2D eigenvalue weighted by molar-refractivity contribution is 7.91. The molecule has 2 aromatic rings. The summed E-state index contributed by atoms with van der Waals surface area (Å²) in [4.78, 5) is 17.9. The Bertz CT molecular complexity index is 904. The highest BCUT2D eigenvalue weighted by Crippen LogP contribution is 2.31. The molecule has 1 aliphatic heterocycles. The van der Waals surface area contributed by atoms with Gasteiger partial charge in [0.25, 0.3) is 5.91 Å². The summed E-state index contributed by atoms with van der Waals surface area (Å²) in [6, 6.07) is 12.3. The lowest BCUT2D eigenvalue weighted by Gasteiger charge is -2.32. The number of aryl methyl sites for hydroxylation is 2. The van der Waals surface area contributed by atoms with E-state index in [9.17, 15) is 13.2 Å². The lowest BCUT2D eigenvalue weighted by molar-refractivity contribution is -0.100. The number of nitrogens with zero attached hydrogens (tertiary/aromatic N) is 1. The van der Waals surface area contributed by atoms with Gasteiger partial charge in [0, 0.05) is 11.5 Å². The van der Waals surface area contributed by atoms with E-state index in [4.69, 9.17) is 4.84 Å². The zero-order valence-corrected chi connectivity index (χ0v) is 15.3. The molecule has 0 fully saturated rings. The van der Waals surface area contributed by atoms with Crippen LogP contribution in [0.1, 0.15) is 33.0 Å². The van der Waals surface area contributed by atoms with Crippen LogP contribution in [0.2, 0.25) is 0 Å². The zero-order chi connectivity index (χ0) is 18.2. The molecule has 5 nitrogen and oxygen atoms in total. The summed E-state index contributed by atoms with van der Waals surface area (Å²) in [6.45, 7) is 4.06. The molecule has 0 spiro atoms. The molecule has 2 aromatic carbocycles. The molecule has 0 aliphatic carbocycles. The molecule has 1 atom stereocenters.